The number of anilines is 2. The van der Waals surface area contributed by atoms with Gasteiger partial charge in [-0.05, 0) is 135 Å². The van der Waals surface area contributed by atoms with Crippen LogP contribution in [0.3, 0.4) is 0 Å². The van der Waals surface area contributed by atoms with Crippen LogP contribution in [-0.2, 0) is 5.41 Å². The summed E-state index contributed by atoms with van der Waals surface area (Å²) in [5, 5.41) is 0. The number of allylic oxidation sites excluding steroid dienone is 3. The Balaban J connectivity index is 0.869. The van der Waals surface area contributed by atoms with Gasteiger partial charge < -0.3 is 4.90 Å². The number of terminal acetylenes is 1. The molecular formula is C67H49N3. The van der Waals surface area contributed by atoms with Crippen LogP contribution in [0.1, 0.15) is 51.2 Å². The summed E-state index contributed by atoms with van der Waals surface area (Å²) in [6.45, 7) is 2.11. The van der Waals surface area contributed by atoms with E-state index >= 15 is 0 Å². The van der Waals surface area contributed by atoms with Gasteiger partial charge in [0.05, 0.1) is 22.5 Å². The maximum absolute atomic E-state index is 6.09. The molecule has 12 rings (SSSR count). The van der Waals surface area contributed by atoms with E-state index in [1.807, 2.05) is 6.07 Å². The van der Waals surface area contributed by atoms with Gasteiger partial charge in [-0.25, -0.2) is 4.98 Å². The Bertz CT molecular complexity index is 3640. The van der Waals surface area contributed by atoms with E-state index in [0.717, 1.165) is 62.6 Å². The zero-order chi connectivity index (χ0) is 47.0. The van der Waals surface area contributed by atoms with Crippen molar-refractivity contribution in [1.29, 1.82) is 0 Å². The zero-order valence-corrected chi connectivity index (χ0v) is 39.0. The molecule has 0 amide bonds. The molecule has 3 heteroatoms. The van der Waals surface area contributed by atoms with Crippen molar-refractivity contribution >= 4 is 39.6 Å². The van der Waals surface area contributed by atoms with Gasteiger partial charge in [0.15, 0.2) is 0 Å². The highest BCUT2D eigenvalue weighted by molar-refractivity contribution is 5.92. The van der Waals surface area contributed by atoms with E-state index in [1.54, 1.807) is 0 Å². The van der Waals surface area contributed by atoms with Gasteiger partial charge >= 0.3 is 0 Å². The minimum atomic E-state index is -0.450. The lowest BCUT2D eigenvalue weighted by atomic mass is 9.67. The molecule has 1 atom stereocenters. The summed E-state index contributed by atoms with van der Waals surface area (Å²) in [7, 11) is 0. The minimum absolute atomic E-state index is 0.0761. The van der Waals surface area contributed by atoms with Crippen LogP contribution in [0.5, 0.6) is 0 Å². The number of benzene rings is 9. The number of nitrogens with zero attached hydrogens (tertiary/aromatic N) is 3. The van der Waals surface area contributed by atoms with Crippen molar-refractivity contribution in [1.82, 2.24) is 9.55 Å². The molecule has 0 radical (unpaired) electrons. The van der Waals surface area contributed by atoms with Gasteiger partial charge in [-0.1, -0.05) is 200 Å². The van der Waals surface area contributed by atoms with Crippen molar-refractivity contribution in [2.75, 3.05) is 4.90 Å². The average Bonchev–Trinajstić information content (AvgIpc) is 3.96. The average molecular weight is 896 g/mol. The molecule has 3 nitrogen and oxygen atoms in total. The van der Waals surface area contributed by atoms with Crippen LogP contribution in [0.2, 0.25) is 0 Å². The Hall–Kier alpha value is -8.97. The summed E-state index contributed by atoms with van der Waals surface area (Å²) in [5.74, 6) is 3.84. The number of para-hydroxylation sites is 3. The highest BCUT2D eigenvalue weighted by Crippen LogP contribution is 2.56. The number of fused-ring (bicyclic) bond motifs is 4. The number of imidazole rings is 1. The van der Waals surface area contributed by atoms with Crippen molar-refractivity contribution < 1.29 is 0 Å². The number of aryl methyl sites for hydroxylation is 1. The van der Waals surface area contributed by atoms with E-state index in [-0.39, 0.29) is 6.04 Å². The van der Waals surface area contributed by atoms with E-state index in [4.69, 9.17) is 11.4 Å². The Morgan fingerprint density at radius 3 is 1.93 bits per heavy atom. The van der Waals surface area contributed by atoms with E-state index in [9.17, 15) is 0 Å². The molecule has 9 aromatic carbocycles. The van der Waals surface area contributed by atoms with Crippen molar-refractivity contribution in [3.05, 3.63) is 294 Å². The van der Waals surface area contributed by atoms with Gasteiger partial charge in [-0.2, -0.15) is 0 Å². The second-order valence-electron chi connectivity index (χ2n) is 18.2. The molecule has 1 heterocycles. The molecule has 0 aliphatic heterocycles. The number of hydrogen-bond acceptors (Lipinski definition) is 2. The summed E-state index contributed by atoms with van der Waals surface area (Å²) >= 11 is 0. The summed E-state index contributed by atoms with van der Waals surface area (Å²) in [5.41, 5.74) is 20.2. The molecule has 1 unspecified atom stereocenters. The summed E-state index contributed by atoms with van der Waals surface area (Å²) in [4.78, 5) is 7.70. The third-order valence-corrected chi connectivity index (χ3v) is 14.3. The standard InChI is InChI=1S/C67H49N3/c1-3-48(45-52-20-14-13-19-47(52)2)49-31-40-59(41-32-49)70-65-30-18-17-29-64(65)68-66(70)51-35-42-58(43-36-51)69(56-25-11-6-12-26-56)57-38-33-50(34-39-57)53-37-44-61-60-27-15-16-28-62(60)67(63(61)46-53,54-21-7-4-8-22-54)55-23-9-5-10-24-55/h1,4-42,44-46,58H,43H2,2H3/b48-45+. The number of rotatable bonds is 10. The van der Waals surface area contributed by atoms with E-state index in [0.29, 0.717) is 0 Å². The van der Waals surface area contributed by atoms with Gasteiger partial charge in [-0.3, -0.25) is 4.57 Å². The molecule has 2 aliphatic rings. The highest BCUT2D eigenvalue weighted by atomic mass is 15.2. The van der Waals surface area contributed by atoms with Crippen LogP contribution >= 0.6 is 0 Å². The maximum atomic E-state index is 6.09. The first kappa shape index (κ1) is 42.4. The van der Waals surface area contributed by atoms with Crippen molar-refractivity contribution in [2.24, 2.45) is 0 Å². The second kappa shape index (κ2) is 17.9. The largest absolute Gasteiger partial charge is 0.334 e. The Morgan fingerprint density at radius 2 is 1.23 bits per heavy atom. The molecule has 0 N–H and O–H groups in total. The van der Waals surface area contributed by atoms with Gasteiger partial charge in [-0.15, -0.1) is 6.42 Å². The lowest BCUT2D eigenvalue weighted by molar-refractivity contribution is 0.769. The summed E-state index contributed by atoms with van der Waals surface area (Å²) in [6.07, 6.45) is 15.9. The van der Waals surface area contributed by atoms with Crippen molar-refractivity contribution in [3.8, 4) is 40.3 Å². The molecule has 0 fully saturated rings. The maximum Gasteiger partial charge on any atom is 0.145 e. The highest BCUT2D eigenvalue weighted by Gasteiger charge is 2.46. The van der Waals surface area contributed by atoms with Gasteiger partial charge in [0.2, 0.25) is 0 Å². The molecule has 0 saturated heterocycles. The second-order valence-corrected chi connectivity index (χ2v) is 18.2. The molecule has 0 bridgehead atoms. The number of hydrogen-bond donors (Lipinski definition) is 0. The molecule has 332 valence electrons. The van der Waals surface area contributed by atoms with E-state index < -0.39 is 5.41 Å². The molecule has 70 heavy (non-hydrogen) atoms. The van der Waals surface area contributed by atoms with Crippen LogP contribution in [0.4, 0.5) is 11.4 Å². The van der Waals surface area contributed by atoms with Crippen LogP contribution in [-0.4, -0.2) is 15.6 Å². The Morgan fingerprint density at radius 1 is 0.614 bits per heavy atom. The van der Waals surface area contributed by atoms with Gasteiger partial charge in [0.1, 0.15) is 5.82 Å². The SMILES string of the molecule is C#C/C(=C\c1ccccc1C)c1ccc(-n2c(C3=CCC(N(c4ccccc4)c4ccc(-c5ccc6c(c5)C(c5ccccc5)(c5ccccc5)c5ccccc5-6)cc4)C=C3)nc3ccccc32)cc1. The smallest absolute Gasteiger partial charge is 0.145 e. The lowest BCUT2D eigenvalue weighted by Gasteiger charge is -2.34. The number of aromatic nitrogens is 2. The fraction of sp³-hybridized carbons (Fsp3) is 0.0597. The molecule has 10 aromatic rings. The molecule has 0 spiro atoms. The van der Waals surface area contributed by atoms with E-state index in [1.165, 1.54) is 50.1 Å². The summed E-state index contributed by atoms with van der Waals surface area (Å²) < 4.78 is 2.27. The molecule has 1 aromatic heterocycles. The quantitative estimate of drug-likeness (QED) is 0.101. The minimum Gasteiger partial charge on any atom is -0.334 e. The first-order valence-electron chi connectivity index (χ1n) is 24.1. The third kappa shape index (κ3) is 7.30. The lowest BCUT2D eigenvalue weighted by Crippen LogP contribution is -2.30. The predicted octanol–water partition coefficient (Wildman–Crippen LogP) is 16.1. The van der Waals surface area contributed by atoms with Crippen LogP contribution < -0.4 is 4.90 Å². The monoisotopic (exact) mass is 895 g/mol. The van der Waals surface area contributed by atoms with E-state index in [2.05, 4.69) is 271 Å². The van der Waals surface area contributed by atoms with Gasteiger partial charge in [0, 0.05) is 28.2 Å². The van der Waals surface area contributed by atoms with Gasteiger partial charge in [0.25, 0.3) is 0 Å². The fourth-order valence-electron chi connectivity index (χ4n) is 10.9. The fourth-order valence-corrected chi connectivity index (χ4v) is 10.9. The molecule has 2 aliphatic carbocycles. The normalized spacial score (nSPS) is 14.7. The zero-order valence-electron chi connectivity index (χ0n) is 39.0. The van der Waals surface area contributed by atoms with Crippen LogP contribution in [0, 0.1) is 19.3 Å². The first-order chi connectivity index (χ1) is 34.6. The molecule has 0 saturated carbocycles. The van der Waals surface area contributed by atoms with Crippen LogP contribution in [0.25, 0.3) is 56.2 Å². The van der Waals surface area contributed by atoms with Crippen molar-refractivity contribution in [3.63, 3.8) is 0 Å². The summed E-state index contributed by atoms with van der Waals surface area (Å²) in [6, 6.07) is 83.2. The topological polar surface area (TPSA) is 21.1 Å². The van der Waals surface area contributed by atoms with Crippen LogP contribution in [0.15, 0.2) is 249 Å². The Kier molecular flexibility index (Phi) is 10.9. The Labute approximate surface area is 410 Å². The van der Waals surface area contributed by atoms with Crippen molar-refractivity contribution in [2.45, 2.75) is 24.8 Å². The third-order valence-electron chi connectivity index (χ3n) is 14.3. The predicted molar refractivity (Wildman–Crippen MR) is 292 cm³/mol. The first-order valence-corrected chi connectivity index (χ1v) is 24.1. The molecular weight excluding hydrogens is 847 g/mol.